The van der Waals surface area contributed by atoms with E-state index in [1.54, 1.807) is 19.1 Å². The maximum Gasteiger partial charge on any atom is 0.338 e. The lowest BCUT2D eigenvalue weighted by molar-refractivity contribution is -0.384. The van der Waals surface area contributed by atoms with E-state index in [1.165, 1.54) is 23.9 Å². The molecular formula is C28H28N4O6S. The third-order valence-corrected chi connectivity index (χ3v) is 7.53. The highest BCUT2D eigenvalue weighted by Gasteiger charge is 2.42. The Kier molecular flexibility index (Phi) is 8.08. The van der Waals surface area contributed by atoms with E-state index in [2.05, 4.69) is 5.32 Å². The van der Waals surface area contributed by atoms with Gasteiger partial charge in [-0.05, 0) is 30.7 Å². The van der Waals surface area contributed by atoms with Crippen molar-refractivity contribution >= 4 is 40.2 Å². The molecule has 2 atom stereocenters. The largest absolute Gasteiger partial charge is 0.463 e. The fourth-order valence-electron chi connectivity index (χ4n) is 4.87. The molecule has 0 aromatic heterocycles. The first kappa shape index (κ1) is 26.6. The third kappa shape index (κ3) is 5.74. The number of nitro groups is 1. The summed E-state index contributed by atoms with van der Waals surface area (Å²) in [6.07, 6.45) is 1.94. The second-order valence-corrected chi connectivity index (χ2v) is 10.0. The van der Waals surface area contributed by atoms with Gasteiger partial charge in [-0.25, -0.2) is 9.79 Å². The minimum atomic E-state index is -0.793. The van der Waals surface area contributed by atoms with Gasteiger partial charge < -0.3 is 19.7 Å². The highest BCUT2D eigenvalue weighted by molar-refractivity contribution is 8.16. The zero-order valence-corrected chi connectivity index (χ0v) is 22.2. The molecule has 3 aliphatic rings. The normalized spacial score (nSPS) is 20.3. The molecule has 0 spiro atoms. The number of thioether (sulfide) groups is 1. The Morgan fingerprint density at radius 3 is 2.77 bits per heavy atom. The predicted octanol–water partition coefficient (Wildman–Crippen LogP) is 4.56. The number of fused-ring (bicyclic) bond motifs is 1. The van der Waals surface area contributed by atoms with Crippen LogP contribution in [0.1, 0.15) is 43.4 Å². The maximum absolute atomic E-state index is 13.5. The summed E-state index contributed by atoms with van der Waals surface area (Å²) in [6.45, 7) is 3.00. The van der Waals surface area contributed by atoms with Gasteiger partial charge in [0.1, 0.15) is 0 Å². The molecule has 0 aliphatic carbocycles. The molecule has 1 fully saturated rings. The predicted molar refractivity (Wildman–Crippen MR) is 147 cm³/mol. The van der Waals surface area contributed by atoms with Crippen LogP contribution < -0.4 is 5.32 Å². The number of nitrogens with zero attached hydrogens (tertiary/aromatic N) is 3. The summed E-state index contributed by atoms with van der Waals surface area (Å²) in [5.74, 6) is -0.762. The molecule has 1 N–H and O–H groups in total. The van der Waals surface area contributed by atoms with Crippen LogP contribution in [0, 0.1) is 10.1 Å². The van der Waals surface area contributed by atoms with E-state index < -0.39 is 16.9 Å². The summed E-state index contributed by atoms with van der Waals surface area (Å²) < 4.78 is 11.1. The molecule has 39 heavy (non-hydrogen) atoms. The Balaban J connectivity index is 1.56. The quantitative estimate of drug-likeness (QED) is 0.275. The number of hydrogen-bond donors (Lipinski definition) is 1. The van der Waals surface area contributed by atoms with Crippen molar-refractivity contribution in [1.29, 1.82) is 0 Å². The Morgan fingerprint density at radius 1 is 1.23 bits per heavy atom. The average Bonchev–Trinajstić information content (AvgIpc) is 3.62. The maximum atomic E-state index is 13.5. The van der Waals surface area contributed by atoms with Gasteiger partial charge in [-0.15, -0.1) is 0 Å². The van der Waals surface area contributed by atoms with E-state index in [4.69, 9.17) is 14.5 Å². The molecule has 1 amide bonds. The van der Waals surface area contributed by atoms with Crippen molar-refractivity contribution in [1.82, 2.24) is 10.2 Å². The number of amides is 1. The van der Waals surface area contributed by atoms with Gasteiger partial charge in [0.25, 0.3) is 5.69 Å². The number of nitrogens with one attached hydrogen (secondary N) is 1. The minimum Gasteiger partial charge on any atom is -0.463 e. The van der Waals surface area contributed by atoms with Crippen LogP contribution in [0.4, 0.5) is 5.69 Å². The number of non-ortho nitro benzene ring substituents is 1. The van der Waals surface area contributed by atoms with Crippen LogP contribution in [0.2, 0.25) is 0 Å². The third-order valence-electron chi connectivity index (χ3n) is 6.64. The second-order valence-electron chi connectivity index (χ2n) is 9.21. The number of esters is 1. The molecule has 11 heteroatoms. The molecule has 3 heterocycles. The first-order chi connectivity index (χ1) is 19.0. The number of benzene rings is 2. The van der Waals surface area contributed by atoms with Crippen LogP contribution in [0.15, 0.2) is 76.3 Å². The molecule has 2 aromatic carbocycles. The van der Waals surface area contributed by atoms with Crippen molar-refractivity contribution < 1.29 is 24.0 Å². The van der Waals surface area contributed by atoms with Crippen molar-refractivity contribution in [2.24, 2.45) is 4.99 Å². The Bertz CT molecular complexity index is 1370. The van der Waals surface area contributed by atoms with E-state index in [0.29, 0.717) is 40.8 Å². The SMILES string of the molecule is CCOC(=O)C1=C(c2ccccc2)N=C2SC=C(CC(=O)NCC3CCCO3)N2C1c1cccc([N+](=O)[O-])c1. The summed E-state index contributed by atoms with van der Waals surface area (Å²) in [4.78, 5) is 44.3. The number of aliphatic imine (C=N–C) groups is 1. The molecule has 0 radical (unpaired) electrons. The smallest absolute Gasteiger partial charge is 0.338 e. The van der Waals surface area contributed by atoms with Gasteiger partial charge >= 0.3 is 5.97 Å². The second kappa shape index (κ2) is 11.8. The van der Waals surface area contributed by atoms with E-state index in [9.17, 15) is 19.7 Å². The fourth-order valence-corrected chi connectivity index (χ4v) is 5.79. The van der Waals surface area contributed by atoms with E-state index in [1.807, 2.05) is 40.6 Å². The molecule has 3 aliphatic heterocycles. The van der Waals surface area contributed by atoms with Crippen LogP contribution >= 0.6 is 11.8 Å². The van der Waals surface area contributed by atoms with Crippen molar-refractivity contribution in [3.05, 3.63) is 92.5 Å². The van der Waals surface area contributed by atoms with Crippen LogP contribution in [-0.2, 0) is 19.1 Å². The molecule has 10 nitrogen and oxygen atoms in total. The summed E-state index contributed by atoms with van der Waals surface area (Å²) in [5.41, 5.74) is 2.44. The summed E-state index contributed by atoms with van der Waals surface area (Å²) in [5, 5.41) is 17.0. The highest BCUT2D eigenvalue weighted by Crippen LogP contribution is 2.47. The van der Waals surface area contributed by atoms with E-state index in [-0.39, 0.29) is 36.3 Å². The Morgan fingerprint density at radius 2 is 2.05 bits per heavy atom. The first-order valence-electron chi connectivity index (χ1n) is 12.8. The molecule has 5 rings (SSSR count). The van der Waals surface area contributed by atoms with Gasteiger partial charge in [-0.1, -0.05) is 54.2 Å². The van der Waals surface area contributed by atoms with E-state index in [0.717, 1.165) is 12.8 Å². The van der Waals surface area contributed by atoms with Crippen LogP contribution in [0.25, 0.3) is 5.70 Å². The minimum absolute atomic E-state index is 0.0115. The fraction of sp³-hybridized carbons (Fsp3) is 0.321. The highest BCUT2D eigenvalue weighted by atomic mass is 32.2. The first-order valence-corrected chi connectivity index (χ1v) is 13.7. The number of rotatable bonds is 9. The van der Waals surface area contributed by atoms with Crippen molar-refractivity contribution in [2.75, 3.05) is 19.8 Å². The van der Waals surface area contributed by atoms with Crippen molar-refractivity contribution in [3.8, 4) is 0 Å². The van der Waals surface area contributed by atoms with Gasteiger partial charge in [0, 0.05) is 36.5 Å². The molecule has 2 aromatic rings. The van der Waals surface area contributed by atoms with Gasteiger partial charge in [0.15, 0.2) is 5.17 Å². The molecule has 0 bridgehead atoms. The van der Waals surface area contributed by atoms with Gasteiger partial charge in [0.2, 0.25) is 5.91 Å². The van der Waals surface area contributed by atoms with Crippen molar-refractivity contribution in [3.63, 3.8) is 0 Å². The molecule has 202 valence electrons. The summed E-state index contributed by atoms with van der Waals surface area (Å²) >= 11 is 1.34. The lowest BCUT2D eigenvalue weighted by Gasteiger charge is -2.36. The Labute approximate surface area is 229 Å². The van der Waals surface area contributed by atoms with Crippen molar-refractivity contribution in [2.45, 2.75) is 38.3 Å². The average molecular weight is 549 g/mol. The lowest BCUT2D eigenvalue weighted by atomic mass is 9.91. The van der Waals surface area contributed by atoms with Crippen LogP contribution in [0.5, 0.6) is 0 Å². The van der Waals surface area contributed by atoms with Gasteiger partial charge in [-0.2, -0.15) is 0 Å². The van der Waals surface area contributed by atoms with E-state index >= 15 is 0 Å². The van der Waals surface area contributed by atoms with Crippen LogP contribution in [0.3, 0.4) is 0 Å². The van der Waals surface area contributed by atoms with Gasteiger partial charge in [0.05, 0.1) is 41.4 Å². The zero-order chi connectivity index (χ0) is 27.4. The number of ether oxygens (including phenoxy) is 2. The summed E-state index contributed by atoms with van der Waals surface area (Å²) in [6, 6.07) is 14.7. The standard InChI is InChI=1S/C28H28N4O6S/c1-2-37-27(34)24-25(18-8-4-3-5-9-18)30-28-31(26(24)19-10-6-11-20(14-19)32(35)36)21(17-39-28)15-23(33)29-16-22-12-7-13-38-22/h3-6,8-11,14,17,22,26H,2,7,12-13,15-16H2,1H3,(H,29,33). The molecule has 1 saturated heterocycles. The lowest BCUT2D eigenvalue weighted by Crippen LogP contribution is -2.39. The van der Waals surface area contributed by atoms with Gasteiger partial charge in [-0.3, -0.25) is 14.9 Å². The number of nitro benzene ring substituents is 1. The number of amidine groups is 1. The topological polar surface area (TPSA) is 123 Å². The number of carbonyl (C=O) groups excluding carboxylic acids is 2. The monoisotopic (exact) mass is 548 g/mol. The Hall–Kier alpha value is -3.96. The zero-order valence-electron chi connectivity index (χ0n) is 21.4. The molecule has 0 saturated carbocycles. The number of hydrogen-bond acceptors (Lipinski definition) is 9. The van der Waals surface area contributed by atoms with Crippen LogP contribution in [-0.4, -0.2) is 52.7 Å². The molecule has 2 unspecified atom stereocenters. The molecular weight excluding hydrogens is 520 g/mol. The number of carbonyl (C=O) groups is 2. The summed E-state index contributed by atoms with van der Waals surface area (Å²) in [7, 11) is 0.